The van der Waals surface area contributed by atoms with Gasteiger partial charge in [0.05, 0.1) is 13.1 Å². The molecular weight excluding hydrogens is 296 g/mol. The van der Waals surface area contributed by atoms with Crippen molar-refractivity contribution in [3.63, 3.8) is 0 Å². The van der Waals surface area contributed by atoms with Crippen molar-refractivity contribution in [1.29, 1.82) is 0 Å². The minimum Gasteiger partial charge on any atom is -0.357 e. The first-order chi connectivity index (χ1) is 10.6. The van der Waals surface area contributed by atoms with Crippen molar-refractivity contribution in [2.24, 2.45) is 4.99 Å². The number of thioether (sulfide) groups is 1. The number of guanidine groups is 1. The number of benzene rings is 1. The van der Waals surface area contributed by atoms with E-state index < -0.39 is 0 Å². The normalized spacial score (nSPS) is 11.2. The number of nitrogens with one attached hydrogen (secondary N) is 3. The van der Waals surface area contributed by atoms with E-state index in [9.17, 15) is 4.79 Å². The highest BCUT2D eigenvalue weighted by molar-refractivity contribution is 7.98. The van der Waals surface area contributed by atoms with Gasteiger partial charge in [0.25, 0.3) is 0 Å². The number of rotatable bonds is 7. The number of aryl methyl sites for hydroxylation is 1. The second-order valence-corrected chi connectivity index (χ2v) is 5.67. The van der Waals surface area contributed by atoms with E-state index in [0.717, 1.165) is 6.54 Å². The van der Waals surface area contributed by atoms with Crippen LogP contribution in [-0.4, -0.2) is 37.8 Å². The zero-order valence-electron chi connectivity index (χ0n) is 13.8. The van der Waals surface area contributed by atoms with Crippen LogP contribution in [0.2, 0.25) is 0 Å². The number of amides is 1. The van der Waals surface area contributed by atoms with Gasteiger partial charge in [0.15, 0.2) is 5.96 Å². The average Bonchev–Trinajstić information content (AvgIpc) is 2.51. The molecule has 6 heteroatoms. The molecule has 0 spiro atoms. The number of hydrogen-bond acceptors (Lipinski definition) is 3. The Kier molecular flexibility index (Phi) is 8.43. The van der Waals surface area contributed by atoms with Gasteiger partial charge < -0.3 is 16.0 Å². The van der Waals surface area contributed by atoms with Gasteiger partial charge in [-0.15, -0.1) is 11.8 Å². The number of nitrogens with zero attached hydrogens (tertiary/aromatic N) is 1. The lowest BCUT2D eigenvalue weighted by molar-refractivity contribution is -0.119. The summed E-state index contributed by atoms with van der Waals surface area (Å²) < 4.78 is 0. The molecule has 3 N–H and O–H groups in total. The Morgan fingerprint density at radius 3 is 2.55 bits per heavy atom. The van der Waals surface area contributed by atoms with Crippen LogP contribution in [0.3, 0.4) is 0 Å². The van der Waals surface area contributed by atoms with Crippen molar-refractivity contribution < 1.29 is 4.79 Å². The summed E-state index contributed by atoms with van der Waals surface area (Å²) in [4.78, 5) is 17.3. The highest BCUT2D eigenvalue weighted by Gasteiger charge is 2.04. The van der Waals surface area contributed by atoms with Gasteiger partial charge in [0, 0.05) is 18.0 Å². The fourth-order valence-electron chi connectivity index (χ4n) is 1.91. The molecule has 0 saturated carbocycles. The van der Waals surface area contributed by atoms with E-state index in [1.54, 1.807) is 11.8 Å². The van der Waals surface area contributed by atoms with E-state index in [2.05, 4.69) is 52.3 Å². The molecule has 1 rings (SSSR count). The molecule has 0 aliphatic rings. The topological polar surface area (TPSA) is 65.5 Å². The molecule has 5 nitrogen and oxygen atoms in total. The maximum atomic E-state index is 11.5. The van der Waals surface area contributed by atoms with Gasteiger partial charge in [-0.3, -0.25) is 4.79 Å². The van der Waals surface area contributed by atoms with Crippen molar-refractivity contribution in [3.8, 4) is 0 Å². The first-order valence-electron chi connectivity index (χ1n) is 7.53. The maximum absolute atomic E-state index is 11.5. The highest BCUT2D eigenvalue weighted by Crippen LogP contribution is 2.22. The van der Waals surface area contributed by atoms with Gasteiger partial charge in [-0.2, -0.15) is 0 Å². The van der Waals surface area contributed by atoms with Crippen LogP contribution in [0.1, 0.15) is 25.0 Å². The number of carbonyl (C=O) groups excluding carboxylic acids is 1. The second kappa shape index (κ2) is 10.1. The molecule has 1 amide bonds. The van der Waals surface area contributed by atoms with Crippen LogP contribution in [0.5, 0.6) is 0 Å². The maximum Gasteiger partial charge on any atom is 0.239 e. The molecule has 0 heterocycles. The van der Waals surface area contributed by atoms with Crippen molar-refractivity contribution in [3.05, 3.63) is 29.3 Å². The first-order valence-corrected chi connectivity index (χ1v) is 8.75. The lowest BCUT2D eigenvalue weighted by Gasteiger charge is -2.12. The van der Waals surface area contributed by atoms with Gasteiger partial charge >= 0.3 is 0 Å². The van der Waals surface area contributed by atoms with Crippen LogP contribution in [-0.2, 0) is 11.3 Å². The molecule has 0 fully saturated rings. The minimum absolute atomic E-state index is 0.0340. The third kappa shape index (κ3) is 6.39. The Morgan fingerprint density at radius 2 is 1.91 bits per heavy atom. The molecule has 1 aromatic rings. The monoisotopic (exact) mass is 322 g/mol. The van der Waals surface area contributed by atoms with Crippen LogP contribution < -0.4 is 16.0 Å². The van der Waals surface area contributed by atoms with Crippen LogP contribution in [0, 0.1) is 6.92 Å². The molecule has 0 unspecified atom stereocenters. The predicted octanol–water partition coefficient (Wildman–Crippen LogP) is 1.91. The zero-order chi connectivity index (χ0) is 16.4. The van der Waals surface area contributed by atoms with E-state index in [0.29, 0.717) is 19.0 Å². The summed E-state index contributed by atoms with van der Waals surface area (Å²) in [7, 11) is 0. The quantitative estimate of drug-likeness (QED) is 0.408. The minimum atomic E-state index is -0.0340. The first kappa shape index (κ1) is 18.4. The Balaban J connectivity index is 2.71. The lowest BCUT2D eigenvalue weighted by Crippen LogP contribution is -2.43. The Labute approximate surface area is 137 Å². The summed E-state index contributed by atoms with van der Waals surface area (Å²) >= 11 is 1.73. The van der Waals surface area contributed by atoms with Crippen molar-refractivity contribution in [2.75, 3.05) is 25.9 Å². The summed E-state index contributed by atoms with van der Waals surface area (Å²) in [5, 5.41) is 8.95. The molecule has 0 aliphatic carbocycles. The fraction of sp³-hybridized carbons (Fsp3) is 0.500. The highest BCUT2D eigenvalue weighted by atomic mass is 32.2. The molecule has 0 bridgehead atoms. The SMILES string of the molecule is CCNC(=O)CNC(=NCc1ccc(C)cc1SC)NCC. The molecular formula is C16H26N4OS. The molecule has 1 aromatic carbocycles. The van der Waals surface area contributed by atoms with Crippen LogP contribution >= 0.6 is 11.8 Å². The standard InChI is InChI=1S/C16H26N4OS/c1-5-17-15(21)11-20-16(18-6-2)19-10-13-8-7-12(3)9-14(13)22-4/h7-9H,5-6,10-11H2,1-4H3,(H,17,21)(H2,18,19,20). The van der Waals surface area contributed by atoms with E-state index in [1.165, 1.54) is 16.0 Å². The summed E-state index contributed by atoms with van der Waals surface area (Å²) in [6, 6.07) is 6.38. The smallest absolute Gasteiger partial charge is 0.239 e. The summed E-state index contributed by atoms with van der Waals surface area (Å²) in [5.74, 6) is 0.620. The Hall–Kier alpha value is -1.69. The summed E-state index contributed by atoms with van der Waals surface area (Å²) in [6.45, 7) is 8.19. The van der Waals surface area contributed by atoms with E-state index in [-0.39, 0.29) is 12.5 Å². The molecule has 0 aliphatic heterocycles. The summed E-state index contributed by atoms with van der Waals surface area (Å²) in [6.07, 6.45) is 2.07. The Bertz CT molecular complexity index is 517. The molecule has 0 atom stereocenters. The van der Waals surface area contributed by atoms with Gasteiger partial charge in [0.2, 0.25) is 5.91 Å². The lowest BCUT2D eigenvalue weighted by atomic mass is 10.1. The van der Waals surface area contributed by atoms with Crippen LogP contribution in [0.15, 0.2) is 28.1 Å². The fourth-order valence-corrected chi connectivity index (χ4v) is 2.61. The van der Waals surface area contributed by atoms with Crippen LogP contribution in [0.25, 0.3) is 0 Å². The number of carbonyl (C=O) groups is 1. The van der Waals surface area contributed by atoms with Crippen molar-refractivity contribution in [1.82, 2.24) is 16.0 Å². The third-order valence-corrected chi connectivity index (χ3v) is 3.80. The molecule has 122 valence electrons. The number of likely N-dealkylation sites (N-methyl/N-ethyl adjacent to an activating group) is 1. The Morgan fingerprint density at radius 1 is 1.18 bits per heavy atom. The molecule has 0 aromatic heterocycles. The van der Waals surface area contributed by atoms with Gasteiger partial charge in [0.1, 0.15) is 0 Å². The zero-order valence-corrected chi connectivity index (χ0v) is 14.6. The van der Waals surface area contributed by atoms with Crippen molar-refractivity contribution in [2.45, 2.75) is 32.2 Å². The molecule has 22 heavy (non-hydrogen) atoms. The number of hydrogen-bond donors (Lipinski definition) is 3. The summed E-state index contributed by atoms with van der Waals surface area (Å²) in [5.41, 5.74) is 2.44. The second-order valence-electron chi connectivity index (χ2n) is 4.82. The molecule has 0 radical (unpaired) electrons. The third-order valence-electron chi connectivity index (χ3n) is 2.98. The average molecular weight is 322 g/mol. The predicted molar refractivity (Wildman–Crippen MR) is 94.5 cm³/mol. The number of aliphatic imine (C=N–C) groups is 1. The van der Waals surface area contributed by atoms with Gasteiger partial charge in [-0.1, -0.05) is 12.1 Å². The largest absolute Gasteiger partial charge is 0.357 e. The van der Waals surface area contributed by atoms with E-state index >= 15 is 0 Å². The van der Waals surface area contributed by atoms with Gasteiger partial charge in [-0.25, -0.2) is 4.99 Å². The van der Waals surface area contributed by atoms with Crippen LogP contribution in [0.4, 0.5) is 0 Å². The van der Waals surface area contributed by atoms with Crippen molar-refractivity contribution >= 4 is 23.6 Å². The van der Waals surface area contributed by atoms with E-state index in [4.69, 9.17) is 0 Å². The van der Waals surface area contributed by atoms with E-state index in [1.807, 2.05) is 13.8 Å². The molecule has 0 saturated heterocycles. The van der Waals surface area contributed by atoms with Gasteiger partial charge in [-0.05, 0) is 44.2 Å².